The van der Waals surface area contributed by atoms with Crippen molar-refractivity contribution in [3.8, 4) is 0 Å². The number of benzene rings is 1. The van der Waals surface area contributed by atoms with Crippen molar-refractivity contribution in [1.29, 1.82) is 0 Å². The van der Waals surface area contributed by atoms with E-state index in [9.17, 15) is 4.79 Å². The molecule has 1 aromatic carbocycles. The maximum absolute atomic E-state index is 11.8. The van der Waals surface area contributed by atoms with Gasteiger partial charge in [-0.1, -0.05) is 32.0 Å². The first-order chi connectivity index (χ1) is 11.1. The first-order valence-corrected chi connectivity index (χ1v) is 7.93. The number of hydrogen-bond donors (Lipinski definition) is 2. The topological polar surface area (TPSA) is 54.3 Å². The van der Waals surface area contributed by atoms with Crippen LogP contribution in [0.1, 0.15) is 37.5 Å². The average Bonchev–Trinajstić information content (AvgIpc) is 3.06. The lowest BCUT2D eigenvalue weighted by atomic mass is 9.97. The van der Waals surface area contributed by atoms with Crippen LogP contribution in [0.4, 0.5) is 5.69 Å². The summed E-state index contributed by atoms with van der Waals surface area (Å²) in [4.78, 5) is 11.8. The van der Waals surface area contributed by atoms with Crippen LogP contribution < -0.4 is 10.6 Å². The van der Waals surface area contributed by atoms with E-state index >= 15 is 0 Å². The second-order valence-corrected chi connectivity index (χ2v) is 5.60. The van der Waals surface area contributed by atoms with Gasteiger partial charge in [-0.3, -0.25) is 10.1 Å². The molecule has 0 aliphatic rings. The van der Waals surface area contributed by atoms with Gasteiger partial charge in [-0.05, 0) is 54.4 Å². The average molecular weight is 328 g/mol. The Balaban J connectivity index is 1.96. The van der Waals surface area contributed by atoms with Crippen molar-refractivity contribution >= 4 is 35.0 Å². The molecule has 1 amide bonds. The maximum atomic E-state index is 11.8. The van der Waals surface area contributed by atoms with Gasteiger partial charge < -0.3 is 9.73 Å². The van der Waals surface area contributed by atoms with Crippen molar-refractivity contribution in [2.24, 2.45) is 0 Å². The third-order valence-corrected chi connectivity index (χ3v) is 3.74. The molecule has 0 unspecified atom stereocenters. The number of carbonyl (C=O) groups excluding carboxylic acids is 1. The third kappa shape index (κ3) is 5.07. The summed E-state index contributed by atoms with van der Waals surface area (Å²) in [6.45, 7) is 4.30. The van der Waals surface area contributed by atoms with Crippen molar-refractivity contribution in [3.05, 3.63) is 60.1 Å². The van der Waals surface area contributed by atoms with Gasteiger partial charge in [0.05, 0.1) is 6.26 Å². The second kappa shape index (κ2) is 8.29. The smallest absolute Gasteiger partial charge is 0.250 e. The summed E-state index contributed by atoms with van der Waals surface area (Å²) >= 11 is 5.21. The van der Waals surface area contributed by atoms with Gasteiger partial charge in [0.1, 0.15) is 5.76 Å². The van der Waals surface area contributed by atoms with E-state index in [1.807, 2.05) is 18.2 Å². The van der Waals surface area contributed by atoms with E-state index in [2.05, 4.69) is 30.5 Å². The second-order valence-electron chi connectivity index (χ2n) is 5.19. The summed E-state index contributed by atoms with van der Waals surface area (Å²) in [5.41, 5.74) is 2.10. The van der Waals surface area contributed by atoms with Crippen LogP contribution in [0.25, 0.3) is 6.08 Å². The van der Waals surface area contributed by atoms with E-state index in [0.717, 1.165) is 12.1 Å². The monoisotopic (exact) mass is 328 g/mol. The van der Waals surface area contributed by atoms with Gasteiger partial charge in [-0.2, -0.15) is 0 Å². The molecule has 0 bridgehead atoms. The molecule has 0 saturated heterocycles. The zero-order valence-electron chi connectivity index (χ0n) is 13.2. The molecule has 2 aromatic rings. The minimum Gasteiger partial charge on any atom is -0.465 e. The Morgan fingerprint density at radius 2 is 2.09 bits per heavy atom. The van der Waals surface area contributed by atoms with Gasteiger partial charge in [-0.25, -0.2) is 0 Å². The van der Waals surface area contributed by atoms with E-state index in [-0.39, 0.29) is 11.0 Å². The summed E-state index contributed by atoms with van der Waals surface area (Å²) in [5, 5.41) is 5.99. The molecule has 0 fully saturated rings. The van der Waals surface area contributed by atoms with Crippen LogP contribution in [0.3, 0.4) is 0 Å². The zero-order valence-corrected chi connectivity index (χ0v) is 14.0. The van der Waals surface area contributed by atoms with Gasteiger partial charge in [0.15, 0.2) is 5.11 Å². The molecule has 0 aliphatic heterocycles. The molecule has 2 rings (SSSR count). The molecule has 0 spiro atoms. The number of anilines is 1. The van der Waals surface area contributed by atoms with Crippen molar-refractivity contribution < 1.29 is 9.21 Å². The van der Waals surface area contributed by atoms with Crippen LogP contribution in [-0.2, 0) is 4.79 Å². The number of amides is 1. The molecule has 0 aliphatic carbocycles. The highest BCUT2D eigenvalue weighted by Crippen LogP contribution is 2.26. The molecule has 1 atom stereocenters. The van der Waals surface area contributed by atoms with Crippen molar-refractivity contribution in [2.75, 3.05) is 5.32 Å². The van der Waals surface area contributed by atoms with Crippen LogP contribution in [0.2, 0.25) is 0 Å². The van der Waals surface area contributed by atoms with Crippen molar-refractivity contribution in [3.63, 3.8) is 0 Å². The molecule has 4 nitrogen and oxygen atoms in total. The summed E-state index contributed by atoms with van der Waals surface area (Å²) < 4.78 is 5.12. The summed E-state index contributed by atoms with van der Waals surface area (Å²) in [6, 6.07) is 11.5. The Bertz CT molecular complexity index is 693. The van der Waals surface area contributed by atoms with Gasteiger partial charge >= 0.3 is 0 Å². The molecule has 0 radical (unpaired) electrons. The summed E-state index contributed by atoms with van der Waals surface area (Å²) in [7, 11) is 0. The number of furan rings is 1. The molecular formula is C18H20N2O2S. The molecule has 0 saturated carbocycles. The van der Waals surface area contributed by atoms with Gasteiger partial charge in [-0.15, -0.1) is 0 Å². The highest BCUT2D eigenvalue weighted by Gasteiger charge is 2.10. The first kappa shape index (κ1) is 17.0. The highest BCUT2D eigenvalue weighted by atomic mass is 32.1. The molecule has 1 heterocycles. The number of para-hydroxylation sites is 1. The van der Waals surface area contributed by atoms with Gasteiger partial charge in [0, 0.05) is 11.8 Å². The maximum Gasteiger partial charge on any atom is 0.250 e. The van der Waals surface area contributed by atoms with Crippen LogP contribution in [0.5, 0.6) is 0 Å². The van der Waals surface area contributed by atoms with Crippen molar-refractivity contribution in [2.45, 2.75) is 26.2 Å². The lowest BCUT2D eigenvalue weighted by Crippen LogP contribution is -2.33. The Kier molecular flexibility index (Phi) is 6.11. The lowest BCUT2D eigenvalue weighted by Gasteiger charge is -2.16. The first-order valence-electron chi connectivity index (χ1n) is 7.52. The zero-order chi connectivity index (χ0) is 16.7. The SMILES string of the molecule is CC[C@@H](C)c1ccccc1NC(=S)NC(=O)/C=C\c1ccco1. The normalized spacial score (nSPS) is 12.1. The Morgan fingerprint density at radius 3 is 2.78 bits per heavy atom. The number of thiocarbonyl (C=S) groups is 1. The minimum atomic E-state index is -0.306. The predicted molar refractivity (Wildman–Crippen MR) is 97.3 cm³/mol. The van der Waals surface area contributed by atoms with E-state index in [1.165, 1.54) is 11.6 Å². The molecule has 120 valence electrons. The van der Waals surface area contributed by atoms with E-state index in [1.54, 1.807) is 24.5 Å². The summed E-state index contributed by atoms with van der Waals surface area (Å²) in [6.07, 6.45) is 5.55. The molecule has 23 heavy (non-hydrogen) atoms. The number of rotatable bonds is 5. The van der Waals surface area contributed by atoms with E-state index in [4.69, 9.17) is 16.6 Å². The van der Waals surface area contributed by atoms with Crippen LogP contribution in [0.15, 0.2) is 53.2 Å². The fourth-order valence-corrected chi connectivity index (χ4v) is 2.32. The van der Waals surface area contributed by atoms with E-state index in [0.29, 0.717) is 11.7 Å². The predicted octanol–water partition coefficient (Wildman–Crippen LogP) is 4.32. The van der Waals surface area contributed by atoms with Gasteiger partial charge in [0.2, 0.25) is 5.91 Å². The number of carbonyl (C=O) groups is 1. The number of nitrogens with one attached hydrogen (secondary N) is 2. The molecule has 5 heteroatoms. The molecule has 2 N–H and O–H groups in total. The van der Waals surface area contributed by atoms with Crippen LogP contribution in [0, 0.1) is 0 Å². The Morgan fingerprint density at radius 1 is 1.30 bits per heavy atom. The molecular weight excluding hydrogens is 308 g/mol. The van der Waals surface area contributed by atoms with Gasteiger partial charge in [0.25, 0.3) is 0 Å². The fourth-order valence-electron chi connectivity index (χ4n) is 2.11. The van der Waals surface area contributed by atoms with E-state index < -0.39 is 0 Å². The van der Waals surface area contributed by atoms with Crippen LogP contribution in [-0.4, -0.2) is 11.0 Å². The fraction of sp³-hybridized carbons (Fsp3) is 0.222. The van der Waals surface area contributed by atoms with Crippen molar-refractivity contribution in [1.82, 2.24) is 5.32 Å². The lowest BCUT2D eigenvalue weighted by molar-refractivity contribution is -0.115. The quantitative estimate of drug-likeness (QED) is 0.634. The largest absolute Gasteiger partial charge is 0.465 e. The Labute approximate surface area is 141 Å². The minimum absolute atomic E-state index is 0.273. The number of hydrogen-bond acceptors (Lipinski definition) is 3. The standard InChI is InChI=1S/C18H20N2O2S/c1-3-13(2)15-8-4-5-9-16(15)19-18(23)20-17(21)11-10-14-7-6-12-22-14/h4-13H,3H2,1-2H3,(H2,19,20,21,23)/b11-10-/t13-/m1/s1. The van der Waals surface area contributed by atoms with Crippen LogP contribution >= 0.6 is 12.2 Å². The highest BCUT2D eigenvalue weighted by molar-refractivity contribution is 7.80. The third-order valence-electron chi connectivity index (χ3n) is 3.53. The molecule has 1 aromatic heterocycles. The Hall–Kier alpha value is -2.40. The summed E-state index contributed by atoms with van der Waals surface area (Å²) in [5.74, 6) is 0.720.